The molecule has 5 heteroatoms. The number of para-hydroxylation sites is 1. The molecule has 0 aliphatic heterocycles. The molecule has 3 rings (SSSR count). The van der Waals surface area contributed by atoms with E-state index >= 15 is 0 Å². The summed E-state index contributed by atoms with van der Waals surface area (Å²) in [6.45, 7) is -0.435. The van der Waals surface area contributed by atoms with E-state index in [9.17, 15) is 4.39 Å². The van der Waals surface area contributed by atoms with Gasteiger partial charge in [0.1, 0.15) is 6.33 Å². The van der Waals surface area contributed by atoms with Crippen LogP contribution < -0.4 is 0 Å². The lowest BCUT2D eigenvalue weighted by atomic mass is 10.3. The summed E-state index contributed by atoms with van der Waals surface area (Å²) < 4.78 is 15.9. The molecule has 0 amide bonds. The van der Waals surface area contributed by atoms with Gasteiger partial charge in [-0.25, -0.2) is 9.67 Å². The SMILES string of the molecule is FCCc1ncn(-c2ccn(-c3ccccc3)c2)n1. The van der Waals surface area contributed by atoms with Crippen molar-refractivity contribution in [1.82, 2.24) is 19.3 Å². The van der Waals surface area contributed by atoms with Crippen LogP contribution in [0.3, 0.4) is 0 Å². The summed E-state index contributed by atoms with van der Waals surface area (Å²) >= 11 is 0. The van der Waals surface area contributed by atoms with Gasteiger partial charge in [-0.05, 0) is 18.2 Å². The summed E-state index contributed by atoms with van der Waals surface area (Å²) in [6, 6.07) is 12.0. The van der Waals surface area contributed by atoms with Gasteiger partial charge >= 0.3 is 0 Å². The van der Waals surface area contributed by atoms with Crippen LogP contribution >= 0.6 is 0 Å². The van der Waals surface area contributed by atoms with Gasteiger partial charge in [0, 0.05) is 24.5 Å². The van der Waals surface area contributed by atoms with E-state index in [4.69, 9.17) is 0 Å². The third-order valence-electron chi connectivity index (χ3n) is 2.85. The summed E-state index contributed by atoms with van der Waals surface area (Å²) in [6.07, 6.45) is 5.78. The molecule has 0 N–H and O–H groups in total. The average Bonchev–Trinajstić information content (AvgIpc) is 3.08. The van der Waals surface area contributed by atoms with Gasteiger partial charge in [0.05, 0.1) is 12.4 Å². The van der Waals surface area contributed by atoms with Crippen molar-refractivity contribution in [2.75, 3.05) is 6.67 Å². The van der Waals surface area contributed by atoms with Gasteiger partial charge in [0.2, 0.25) is 0 Å². The zero-order chi connectivity index (χ0) is 13.1. The van der Waals surface area contributed by atoms with Crippen LogP contribution in [-0.4, -0.2) is 26.0 Å². The predicted octanol–water partition coefficient (Wildman–Crippen LogP) is 2.57. The number of aryl methyl sites for hydroxylation is 1. The fourth-order valence-electron chi connectivity index (χ4n) is 1.90. The molecule has 0 atom stereocenters. The van der Waals surface area contributed by atoms with Gasteiger partial charge in [-0.15, -0.1) is 0 Å². The van der Waals surface area contributed by atoms with Crippen molar-refractivity contribution in [1.29, 1.82) is 0 Å². The molecule has 0 unspecified atom stereocenters. The van der Waals surface area contributed by atoms with Crippen LogP contribution in [0.25, 0.3) is 11.4 Å². The highest BCUT2D eigenvalue weighted by molar-refractivity contribution is 5.37. The summed E-state index contributed by atoms with van der Waals surface area (Å²) in [5.41, 5.74) is 1.99. The number of halogens is 1. The van der Waals surface area contributed by atoms with E-state index in [2.05, 4.69) is 10.1 Å². The first-order valence-electron chi connectivity index (χ1n) is 6.07. The normalized spacial score (nSPS) is 10.8. The lowest BCUT2D eigenvalue weighted by Gasteiger charge is -2.01. The maximum Gasteiger partial charge on any atom is 0.153 e. The molecule has 0 saturated carbocycles. The number of hydrogen-bond donors (Lipinski definition) is 0. The van der Waals surface area contributed by atoms with Gasteiger partial charge < -0.3 is 4.57 Å². The van der Waals surface area contributed by atoms with Crippen LogP contribution in [0.4, 0.5) is 4.39 Å². The van der Waals surface area contributed by atoms with Crippen LogP contribution in [0.1, 0.15) is 5.82 Å². The van der Waals surface area contributed by atoms with E-state index in [0.29, 0.717) is 5.82 Å². The Hall–Kier alpha value is -2.43. The number of aromatic nitrogens is 4. The van der Waals surface area contributed by atoms with Crippen molar-refractivity contribution in [3.8, 4) is 11.4 Å². The van der Waals surface area contributed by atoms with Gasteiger partial charge in [-0.2, -0.15) is 5.10 Å². The molecule has 2 heterocycles. The second kappa shape index (κ2) is 5.06. The second-order valence-electron chi connectivity index (χ2n) is 4.16. The molecule has 96 valence electrons. The van der Waals surface area contributed by atoms with Crippen molar-refractivity contribution < 1.29 is 4.39 Å². The first-order chi connectivity index (χ1) is 9.36. The number of alkyl halides is 1. The Balaban J connectivity index is 1.88. The molecule has 0 spiro atoms. The fraction of sp³-hybridized carbons (Fsp3) is 0.143. The summed E-state index contributed by atoms with van der Waals surface area (Å²) in [5.74, 6) is 0.523. The second-order valence-corrected chi connectivity index (χ2v) is 4.16. The Morgan fingerprint density at radius 3 is 2.68 bits per heavy atom. The quantitative estimate of drug-likeness (QED) is 0.719. The molecule has 1 aromatic carbocycles. The minimum Gasteiger partial charge on any atom is -0.322 e. The smallest absolute Gasteiger partial charge is 0.153 e. The molecule has 0 bridgehead atoms. The molecule has 19 heavy (non-hydrogen) atoms. The fourth-order valence-corrected chi connectivity index (χ4v) is 1.90. The van der Waals surface area contributed by atoms with Crippen molar-refractivity contribution in [3.63, 3.8) is 0 Å². The molecule has 0 fully saturated rings. The van der Waals surface area contributed by atoms with Gasteiger partial charge in [0.15, 0.2) is 5.82 Å². The average molecular weight is 256 g/mol. The Bertz CT molecular complexity index is 657. The molecule has 4 nitrogen and oxygen atoms in total. The molecular formula is C14H13FN4. The van der Waals surface area contributed by atoms with E-state index in [1.807, 2.05) is 53.4 Å². The summed E-state index contributed by atoms with van der Waals surface area (Å²) in [5, 5.41) is 4.23. The first-order valence-corrected chi connectivity index (χ1v) is 6.07. The Morgan fingerprint density at radius 1 is 1.05 bits per heavy atom. The lowest BCUT2D eigenvalue weighted by Crippen LogP contribution is -1.96. The number of hydrogen-bond acceptors (Lipinski definition) is 2. The third-order valence-corrected chi connectivity index (χ3v) is 2.85. The van der Waals surface area contributed by atoms with E-state index in [1.54, 1.807) is 11.0 Å². The van der Waals surface area contributed by atoms with E-state index in [-0.39, 0.29) is 6.42 Å². The molecule has 0 saturated heterocycles. The Kier molecular flexibility index (Phi) is 3.10. The van der Waals surface area contributed by atoms with Crippen LogP contribution in [0.2, 0.25) is 0 Å². The van der Waals surface area contributed by atoms with E-state index in [0.717, 1.165) is 11.4 Å². The molecule has 0 aliphatic carbocycles. The van der Waals surface area contributed by atoms with Gasteiger partial charge in [-0.3, -0.25) is 4.39 Å². The van der Waals surface area contributed by atoms with Crippen molar-refractivity contribution in [2.45, 2.75) is 6.42 Å². The lowest BCUT2D eigenvalue weighted by molar-refractivity contribution is 0.487. The van der Waals surface area contributed by atoms with Crippen LogP contribution in [0.15, 0.2) is 55.1 Å². The highest BCUT2D eigenvalue weighted by Gasteiger charge is 2.04. The van der Waals surface area contributed by atoms with Crippen molar-refractivity contribution in [3.05, 3.63) is 60.9 Å². The number of benzene rings is 1. The highest BCUT2D eigenvalue weighted by atomic mass is 19.1. The standard InChI is InChI=1S/C14H13FN4/c15-8-6-14-16-11-19(17-14)13-7-9-18(10-13)12-4-2-1-3-5-12/h1-5,7,9-11H,6,8H2. The maximum absolute atomic E-state index is 12.2. The number of nitrogens with zero attached hydrogens (tertiary/aromatic N) is 4. The Morgan fingerprint density at radius 2 is 1.89 bits per heavy atom. The largest absolute Gasteiger partial charge is 0.322 e. The van der Waals surface area contributed by atoms with Crippen LogP contribution in [0, 0.1) is 0 Å². The van der Waals surface area contributed by atoms with Crippen molar-refractivity contribution in [2.24, 2.45) is 0 Å². The van der Waals surface area contributed by atoms with Crippen LogP contribution in [-0.2, 0) is 6.42 Å². The first kappa shape index (κ1) is 11.6. The molecule has 0 radical (unpaired) electrons. The van der Waals surface area contributed by atoms with E-state index < -0.39 is 6.67 Å². The summed E-state index contributed by atoms with van der Waals surface area (Å²) in [7, 11) is 0. The van der Waals surface area contributed by atoms with Gasteiger partial charge in [-0.1, -0.05) is 18.2 Å². The molecule has 0 aliphatic rings. The molecular weight excluding hydrogens is 243 g/mol. The topological polar surface area (TPSA) is 35.6 Å². The van der Waals surface area contributed by atoms with Crippen molar-refractivity contribution >= 4 is 0 Å². The van der Waals surface area contributed by atoms with Crippen LogP contribution in [0.5, 0.6) is 0 Å². The predicted molar refractivity (Wildman–Crippen MR) is 70.4 cm³/mol. The van der Waals surface area contributed by atoms with Gasteiger partial charge in [0.25, 0.3) is 0 Å². The minimum absolute atomic E-state index is 0.256. The zero-order valence-corrected chi connectivity index (χ0v) is 10.3. The molecule has 3 aromatic rings. The maximum atomic E-state index is 12.2. The van der Waals surface area contributed by atoms with E-state index in [1.165, 1.54) is 0 Å². The summed E-state index contributed by atoms with van der Waals surface area (Å²) in [4.78, 5) is 4.07. The highest BCUT2D eigenvalue weighted by Crippen LogP contribution is 2.13. The monoisotopic (exact) mass is 256 g/mol. The minimum atomic E-state index is -0.435. The number of rotatable bonds is 4. The third kappa shape index (κ3) is 2.40. The zero-order valence-electron chi connectivity index (χ0n) is 10.3. The Labute approximate surface area is 110 Å². The molecule has 2 aromatic heterocycles.